The van der Waals surface area contributed by atoms with Crippen LogP contribution < -0.4 is 30.2 Å². The van der Waals surface area contributed by atoms with Gasteiger partial charge in [-0.15, -0.1) is 0 Å². The van der Waals surface area contributed by atoms with Crippen molar-refractivity contribution in [1.29, 1.82) is 0 Å². The van der Waals surface area contributed by atoms with Crippen molar-refractivity contribution in [1.82, 2.24) is 10.6 Å². The van der Waals surface area contributed by atoms with Crippen LogP contribution in [0.4, 0.5) is 5.69 Å². The summed E-state index contributed by atoms with van der Waals surface area (Å²) in [5.74, 6) is 1.50. The number of thiocarbonyl (C=S) groups is 1. The lowest BCUT2D eigenvalue weighted by Gasteiger charge is -2.31. The van der Waals surface area contributed by atoms with Crippen LogP contribution >= 0.6 is 12.2 Å². The van der Waals surface area contributed by atoms with Gasteiger partial charge in [0.2, 0.25) is 0 Å². The van der Waals surface area contributed by atoms with E-state index in [4.69, 9.17) is 26.4 Å². The zero-order valence-corrected chi connectivity index (χ0v) is 17.5. The lowest BCUT2D eigenvalue weighted by Crippen LogP contribution is -2.45. The number of amides is 1. The van der Waals surface area contributed by atoms with Gasteiger partial charge in [-0.25, -0.2) is 0 Å². The molecule has 0 aromatic heterocycles. The molecule has 0 saturated heterocycles. The molecule has 8 heteroatoms. The van der Waals surface area contributed by atoms with Crippen LogP contribution in [-0.2, 0) is 4.79 Å². The van der Waals surface area contributed by atoms with E-state index in [2.05, 4.69) is 16.0 Å². The van der Waals surface area contributed by atoms with Crippen LogP contribution in [0.15, 0.2) is 53.7 Å². The highest BCUT2D eigenvalue weighted by molar-refractivity contribution is 7.80. The normalized spacial score (nSPS) is 15.9. The summed E-state index contributed by atoms with van der Waals surface area (Å²) in [7, 11) is 4.70. The molecule has 152 valence electrons. The van der Waals surface area contributed by atoms with Gasteiger partial charge in [0, 0.05) is 17.3 Å². The lowest BCUT2D eigenvalue weighted by atomic mass is 9.94. The Morgan fingerprint density at radius 2 is 1.76 bits per heavy atom. The third-order valence-corrected chi connectivity index (χ3v) is 4.84. The summed E-state index contributed by atoms with van der Waals surface area (Å²) in [6.07, 6.45) is 0. The lowest BCUT2D eigenvalue weighted by molar-refractivity contribution is -0.113. The second kappa shape index (κ2) is 8.83. The quantitative estimate of drug-likeness (QED) is 0.628. The number of anilines is 1. The zero-order chi connectivity index (χ0) is 21.0. The molecule has 1 amide bonds. The monoisotopic (exact) mass is 413 g/mol. The van der Waals surface area contributed by atoms with Gasteiger partial charge in [-0.3, -0.25) is 4.79 Å². The highest BCUT2D eigenvalue weighted by Gasteiger charge is 2.32. The highest BCUT2D eigenvalue weighted by atomic mass is 32.1. The fraction of sp³-hybridized carbons (Fsp3) is 0.238. The number of carbonyl (C=O) groups is 1. The summed E-state index contributed by atoms with van der Waals surface area (Å²) in [5.41, 5.74) is 2.51. The summed E-state index contributed by atoms with van der Waals surface area (Å²) in [4.78, 5) is 13.3. The number of rotatable bonds is 6. The van der Waals surface area contributed by atoms with Crippen molar-refractivity contribution in [2.75, 3.05) is 26.6 Å². The Kier molecular flexibility index (Phi) is 6.23. The molecule has 0 unspecified atom stereocenters. The zero-order valence-electron chi connectivity index (χ0n) is 16.7. The number of nitrogens with one attached hydrogen (secondary N) is 3. The second-order valence-electron chi connectivity index (χ2n) is 6.33. The SMILES string of the molecule is COc1ccc(NC(=O)C2=C(C)NC(=S)N[C@@H]2c2ccccc2OC)c(OC)c1. The van der Waals surface area contributed by atoms with Gasteiger partial charge in [0.05, 0.1) is 38.6 Å². The molecule has 0 spiro atoms. The van der Waals surface area contributed by atoms with Gasteiger partial charge in [0.25, 0.3) is 5.91 Å². The van der Waals surface area contributed by atoms with Crippen LogP contribution in [0.1, 0.15) is 18.5 Å². The molecule has 1 aliphatic heterocycles. The van der Waals surface area contributed by atoms with E-state index in [1.807, 2.05) is 31.2 Å². The number of hydrogen-bond donors (Lipinski definition) is 3. The van der Waals surface area contributed by atoms with Gasteiger partial charge in [-0.1, -0.05) is 18.2 Å². The minimum absolute atomic E-state index is 0.288. The minimum Gasteiger partial charge on any atom is -0.497 e. The topological polar surface area (TPSA) is 80.9 Å². The van der Waals surface area contributed by atoms with Gasteiger partial charge >= 0.3 is 0 Å². The number of carbonyl (C=O) groups excluding carboxylic acids is 1. The van der Waals surface area contributed by atoms with Crippen LogP contribution in [0, 0.1) is 0 Å². The first-order valence-electron chi connectivity index (χ1n) is 8.93. The number of hydrogen-bond acceptors (Lipinski definition) is 5. The molecule has 0 bridgehead atoms. The molecule has 0 saturated carbocycles. The highest BCUT2D eigenvalue weighted by Crippen LogP contribution is 2.35. The van der Waals surface area contributed by atoms with Gasteiger partial charge < -0.3 is 30.2 Å². The van der Waals surface area contributed by atoms with E-state index in [1.165, 1.54) is 7.11 Å². The van der Waals surface area contributed by atoms with Gasteiger partial charge in [-0.05, 0) is 37.3 Å². The van der Waals surface area contributed by atoms with E-state index in [-0.39, 0.29) is 5.91 Å². The van der Waals surface area contributed by atoms with Crippen LogP contribution in [0.2, 0.25) is 0 Å². The molecule has 0 fully saturated rings. The summed E-state index contributed by atoms with van der Waals surface area (Å²) >= 11 is 5.31. The Bertz CT molecular complexity index is 974. The fourth-order valence-electron chi connectivity index (χ4n) is 3.22. The largest absolute Gasteiger partial charge is 0.497 e. The second-order valence-corrected chi connectivity index (χ2v) is 6.74. The smallest absolute Gasteiger partial charge is 0.255 e. The summed E-state index contributed by atoms with van der Waals surface area (Å²) < 4.78 is 16.1. The average Bonchev–Trinajstić information content (AvgIpc) is 2.73. The predicted molar refractivity (Wildman–Crippen MR) is 115 cm³/mol. The molecular formula is C21H23N3O4S. The molecule has 3 rings (SSSR count). The first kappa shape index (κ1) is 20.5. The number of methoxy groups -OCH3 is 3. The maximum Gasteiger partial charge on any atom is 0.255 e. The van der Waals surface area contributed by atoms with E-state index in [0.717, 1.165) is 5.56 Å². The summed E-state index contributed by atoms with van der Waals surface area (Å²) in [5, 5.41) is 9.56. The number of benzene rings is 2. The average molecular weight is 413 g/mol. The van der Waals surface area contributed by atoms with Crippen molar-refractivity contribution in [2.45, 2.75) is 13.0 Å². The van der Waals surface area contributed by atoms with Gasteiger partial charge in [-0.2, -0.15) is 0 Å². The molecule has 2 aromatic rings. The molecule has 1 heterocycles. The van der Waals surface area contributed by atoms with E-state index in [9.17, 15) is 4.79 Å². The first-order valence-corrected chi connectivity index (χ1v) is 9.34. The standard InChI is InChI=1S/C21H23N3O4S/c1-12-18(20(25)23-15-10-9-13(26-2)11-17(15)28-4)19(24-21(29)22-12)14-7-5-6-8-16(14)27-3/h5-11,19H,1-4H3,(H,23,25)(H2,22,24,29)/t19-/m1/s1. The van der Waals surface area contributed by atoms with E-state index in [0.29, 0.717) is 39.3 Å². The Morgan fingerprint density at radius 1 is 1.03 bits per heavy atom. The third-order valence-electron chi connectivity index (χ3n) is 4.62. The van der Waals surface area contributed by atoms with Crippen molar-refractivity contribution < 1.29 is 19.0 Å². The fourth-order valence-corrected chi connectivity index (χ4v) is 3.50. The number of ether oxygens (including phenoxy) is 3. The molecule has 1 aliphatic rings. The summed E-state index contributed by atoms with van der Waals surface area (Å²) in [6, 6.07) is 12.2. The molecule has 2 aromatic carbocycles. The Labute approximate surface area is 175 Å². The number of allylic oxidation sites excluding steroid dienone is 1. The Morgan fingerprint density at radius 3 is 2.45 bits per heavy atom. The van der Waals surface area contributed by atoms with Crippen LogP contribution in [-0.4, -0.2) is 32.3 Å². The van der Waals surface area contributed by atoms with Crippen LogP contribution in [0.5, 0.6) is 17.2 Å². The molecule has 3 N–H and O–H groups in total. The first-order chi connectivity index (χ1) is 14.0. The summed E-state index contributed by atoms with van der Waals surface area (Å²) in [6.45, 7) is 1.82. The molecule has 7 nitrogen and oxygen atoms in total. The maximum atomic E-state index is 13.3. The van der Waals surface area contributed by atoms with Gasteiger partial charge in [0.1, 0.15) is 17.2 Å². The van der Waals surface area contributed by atoms with Crippen LogP contribution in [0.3, 0.4) is 0 Å². The molecule has 0 aliphatic carbocycles. The van der Waals surface area contributed by atoms with Crippen molar-refractivity contribution in [3.05, 3.63) is 59.3 Å². The van der Waals surface area contributed by atoms with E-state index < -0.39 is 6.04 Å². The van der Waals surface area contributed by atoms with Crippen molar-refractivity contribution >= 4 is 28.9 Å². The molecule has 0 radical (unpaired) electrons. The van der Waals surface area contributed by atoms with E-state index in [1.54, 1.807) is 32.4 Å². The van der Waals surface area contributed by atoms with Crippen molar-refractivity contribution in [3.63, 3.8) is 0 Å². The third kappa shape index (κ3) is 4.27. The van der Waals surface area contributed by atoms with Crippen LogP contribution in [0.25, 0.3) is 0 Å². The van der Waals surface area contributed by atoms with E-state index >= 15 is 0 Å². The molecule has 1 atom stereocenters. The Hall–Kier alpha value is -3.26. The predicted octanol–water partition coefficient (Wildman–Crippen LogP) is 3.14. The van der Waals surface area contributed by atoms with Gasteiger partial charge in [0.15, 0.2) is 5.11 Å². The maximum absolute atomic E-state index is 13.3. The minimum atomic E-state index is -0.468. The van der Waals surface area contributed by atoms with Crippen molar-refractivity contribution in [3.8, 4) is 17.2 Å². The number of para-hydroxylation sites is 1. The Balaban J connectivity index is 1.99. The molecular weight excluding hydrogens is 390 g/mol. The van der Waals surface area contributed by atoms with Crippen molar-refractivity contribution in [2.24, 2.45) is 0 Å². The molecule has 29 heavy (non-hydrogen) atoms.